The highest BCUT2D eigenvalue weighted by atomic mass is 35.5. The third kappa shape index (κ3) is 3.76. The van der Waals surface area contributed by atoms with Gasteiger partial charge in [0.1, 0.15) is 11.9 Å². The molecular weight excluding hydrogens is 318 g/mol. The van der Waals surface area contributed by atoms with Crippen LogP contribution in [0.25, 0.3) is 11.1 Å². The molecule has 2 N–H and O–H groups in total. The van der Waals surface area contributed by atoms with Crippen LogP contribution < -0.4 is 10.5 Å². The zero-order valence-electron chi connectivity index (χ0n) is 14.4. The predicted octanol–water partition coefficient (Wildman–Crippen LogP) is 4.88. The normalized spacial score (nSPS) is 16.0. The van der Waals surface area contributed by atoms with E-state index in [4.69, 9.17) is 22.1 Å². The Morgan fingerprint density at radius 2 is 1.96 bits per heavy atom. The van der Waals surface area contributed by atoms with Gasteiger partial charge in [-0.3, -0.25) is 0 Å². The summed E-state index contributed by atoms with van der Waals surface area (Å²) in [5.74, 6) is 1.79. The standard InChI is InChI=1S/C21H26ClNO/c1-15-7-4-5-9-19(15)20-12-16(8-3-2-6-10-22)11-17-13-18(14-23)24-21(17)20/h4-5,7,9,11-12,18H,2-3,6,8,10,13-14,23H2,1H3. The van der Waals surface area contributed by atoms with Crippen LogP contribution in [0.2, 0.25) is 0 Å². The fraction of sp³-hybridized carbons (Fsp3) is 0.429. The third-order valence-electron chi connectivity index (χ3n) is 4.75. The molecule has 0 saturated heterocycles. The van der Waals surface area contributed by atoms with Crippen LogP contribution >= 0.6 is 11.6 Å². The molecule has 24 heavy (non-hydrogen) atoms. The second kappa shape index (κ2) is 8.04. The van der Waals surface area contributed by atoms with E-state index in [1.165, 1.54) is 40.7 Å². The molecule has 0 aliphatic carbocycles. The maximum Gasteiger partial charge on any atom is 0.130 e. The highest BCUT2D eigenvalue weighted by Crippen LogP contribution is 2.41. The summed E-state index contributed by atoms with van der Waals surface area (Å²) in [6.07, 6.45) is 5.57. The van der Waals surface area contributed by atoms with Crippen molar-refractivity contribution in [2.45, 2.75) is 45.1 Å². The van der Waals surface area contributed by atoms with E-state index in [0.717, 1.165) is 30.9 Å². The summed E-state index contributed by atoms with van der Waals surface area (Å²) in [4.78, 5) is 0. The summed E-state index contributed by atoms with van der Waals surface area (Å²) < 4.78 is 6.15. The molecule has 0 aromatic heterocycles. The van der Waals surface area contributed by atoms with Crippen molar-refractivity contribution in [1.82, 2.24) is 0 Å². The first kappa shape index (κ1) is 17.3. The number of halogens is 1. The Morgan fingerprint density at radius 1 is 1.12 bits per heavy atom. The van der Waals surface area contributed by atoms with Crippen molar-refractivity contribution in [3.63, 3.8) is 0 Å². The third-order valence-corrected chi connectivity index (χ3v) is 5.02. The number of unbranched alkanes of at least 4 members (excludes halogenated alkanes) is 2. The zero-order chi connectivity index (χ0) is 16.9. The highest BCUT2D eigenvalue weighted by Gasteiger charge is 2.26. The van der Waals surface area contributed by atoms with E-state index >= 15 is 0 Å². The molecular formula is C21H26ClNO. The maximum absolute atomic E-state index is 6.15. The number of nitrogens with two attached hydrogens (primary N) is 1. The molecule has 1 aliphatic heterocycles. The van der Waals surface area contributed by atoms with Gasteiger partial charge in [-0.25, -0.2) is 0 Å². The van der Waals surface area contributed by atoms with Gasteiger partial charge in [0.15, 0.2) is 0 Å². The van der Waals surface area contributed by atoms with E-state index in [0.29, 0.717) is 6.54 Å². The van der Waals surface area contributed by atoms with Crippen molar-refractivity contribution < 1.29 is 4.74 Å². The lowest BCUT2D eigenvalue weighted by Crippen LogP contribution is -2.24. The lowest BCUT2D eigenvalue weighted by Gasteiger charge is -2.14. The average molecular weight is 344 g/mol. The number of ether oxygens (including phenoxy) is 1. The second-order valence-corrected chi connectivity index (χ2v) is 7.00. The molecule has 3 rings (SSSR count). The molecule has 0 fully saturated rings. The summed E-state index contributed by atoms with van der Waals surface area (Å²) in [6, 6.07) is 13.1. The molecule has 0 radical (unpaired) electrons. The molecule has 0 saturated carbocycles. The number of alkyl halides is 1. The lowest BCUT2D eigenvalue weighted by molar-refractivity contribution is 0.242. The Bertz CT molecular complexity index is 698. The number of fused-ring (bicyclic) bond motifs is 1. The minimum Gasteiger partial charge on any atom is -0.488 e. The van der Waals surface area contributed by atoms with E-state index in [1.54, 1.807) is 0 Å². The van der Waals surface area contributed by atoms with E-state index < -0.39 is 0 Å². The fourth-order valence-electron chi connectivity index (χ4n) is 3.45. The summed E-state index contributed by atoms with van der Waals surface area (Å²) >= 11 is 5.79. The van der Waals surface area contributed by atoms with Crippen LogP contribution in [0.1, 0.15) is 36.0 Å². The first-order valence-electron chi connectivity index (χ1n) is 8.87. The molecule has 1 aliphatic rings. The topological polar surface area (TPSA) is 35.2 Å². The summed E-state index contributed by atoms with van der Waals surface area (Å²) in [6.45, 7) is 2.72. The van der Waals surface area contributed by atoms with Crippen LogP contribution in [0.15, 0.2) is 36.4 Å². The lowest BCUT2D eigenvalue weighted by atomic mass is 9.93. The van der Waals surface area contributed by atoms with E-state index in [9.17, 15) is 0 Å². The molecule has 1 unspecified atom stereocenters. The highest BCUT2D eigenvalue weighted by molar-refractivity contribution is 6.17. The van der Waals surface area contributed by atoms with Gasteiger partial charge in [-0.1, -0.05) is 36.8 Å². The minimum absolute atomic E-state index is 0.106. The SMILES string of the molecule is Cc1ccccc1-c1cc(CCCCCCl)cc2c1OC(CN)C2. The van der Waals surface area contributed by atoms with Crippen LogP contribution in [-0.2, 0) is 12.8 Å². The van der Waals surface area contributed by atoms with Gasteiger partial charge < -0.3 is 10.5 Å². The van der Waals surface area contributed by atoms with Gasteiger partial charge >= 0.3 is 0 Å². The Labute approximate surface area is 150 Å². The first-order valence-corrected chi connectivity index (χ1v) is 9.41. The number of rotatable bonds is 7. The maximum atomic E-state index is 6.15. The molecule has 2 nitrogen and oxygen atoms in total. The average Bonchev–Trinajstić information content (AvgIpc) is 3.02. The van der Waals surface area contributed by atoms with Gasteiger partial charge in [-0.15, -0.1) is 11.6 Å². The quantitative estimate of drug-likeness (QED) is 0.574. The fourth-order valence-corrected chi connectivity index (χ4v) is 3.64. The molecule has 128 valence electrons. The molecule has 1 atom stereocenters. The molecule has 1 heterocycles. The van der Waals surface area contributed by atoms with E-state index in [-0.39, 0.29) is 6.10 Å². The van der Waals surface area contributed by atoms with Gasteiger partial charge in [-0.05, 0) is 54.5 Å². The first-order chi connectivity index (χ1) is 11.7. The monoisotopic (exact) mass is 343 g/mol. The minimum atomic E-state index is 0.106. The largest absolute Gasteiger partial charge is 0.488 e. The molecule has 2 aromatic carbocycles. The summed E-state index contributed by atoms with van der Waals surface area (Å²) in [5, 5.41) is 0. The number of benzene rings is 2. The van der Waals surface area contributed by atoms with Crippen molar-refractivity contribution in [1.29, 1.82) is 0 Å². The van der Waals surface area contributed by atoms with Crippen molar-refractivity contribution in [2.75, 3.05) is 12.4 Å². The van der Waals surface area contributed by atoms with E-state index in [1.807, 2.05) is 0 Å². The van der Waals surface area contributed by atoms with E-state index in [2.05, 4.69) is 43.3 Å². The Kier molecular flexibility index (Phi) is 5.80. The van der Waals surface area contributed by atoms with Crippen molar-refractivity contribution in [3.05, 3.63) is 53.1 Å². The van der Waals surface area contributed by atoms with Crippen molar-refractivity contribution in [2.24, 2.45) is 5.73 Å². The smallest absolute Gasteiger partial charge is 0.130 e. The van der Waals surface area contributed by atoms with Gasteiger partial charge in [-0.2, -0.15) is 0 Å². The van der Waals surface area contributed by atoms with Gasteiger partial charge in [0.25, 0.3) is 0 Å². The summed E-state index contributed by atoms with van der Waals surface area (Å²) in [7, 11) is 0. The Hall–Kier alpha value is -1.51. The second-order valence-electron chi connectivity index (χ2n) is 6.63. The van der Waals surface area contributed by atoms with Gasteiger partial charge in [0.05, 0.1) is 0 Å². The predicted molar refractivity (Wildman–Crippen MR) is 102 cm³/mol. The molecule has 3 heteroatoms. The van der Waals surface area contributed by atoms with Crippen LogP contribution in [0.4, 0.5) is 0 Å². The number of hydrogen-bond acceptors (Lipinski definition) is 2. The zero-order valence-corrected chi connectivity index (χ0v) is 15.1. The van der Waals surface area contributed by atoms with Crippen LogP contribution in [-0.4, -0.2) is 18.5 Å². The van der Waals surface area contributed by atoms with Crippen molar-refractivity contribution in [3.8, 4) is 16.9 Å². The number of aryl methyl sites for hydroxylation is 2. The molecule has 0 spiro atoms. The van der Waals surface area contributed by atoms with Crippen molar-refractivity contribution >= 4 is 11.6 Å². The number of hydrogen-bond donors (Lipinski definition) is 1. The Balaban J connectivity index is 1.94. The molecule has 0 bridgehead atoms. The van der Waals surface area contributed by atoms with Crippen LogP contribution in [0, 0.1) is 6.92 Å². The van der Waals surface area contributed by atoms with Gasteiger partial charge in [0.2, 0.25) is 0 Å². The summed E-state index contributed by atoms with van der Waals surface area (Å²) in [5.41, 5.74) is 12.3. The van der Waals surface area contributed by atoms with Crippen LogP contribution in [0.3, 0.4) is 0 Å². The Morgan fingerprint density at radius 3 is 2.71 bits per heavy atom. The van der Waals surface area contributed by atoms with Crippen LogP contribution in [0.5, 0.6) is 5.75 Å². The molecule has 0 amide bonds. The van der Waals surface area contributed by atoms with Gasteiger partial charge in [0, 0.05) is 24.4 Å². The molecule has 2 aromatic rings.